The Morgan fingerprint density at radius 2 is 1.81 bits per heavy atom. The second-order valence-corrected chi connectivity index (χ2v) is 4.29. The Bertz CT molecular complexity index is 681. The second-order valence-electron chi connectivity index (χ2n) is 4.29. The molecule has 0 saturated carbocycles. The predicted octanol–water partition coefficient (Wildman–Crippen LogP) is 2.23. The molecule has 0 atom stereocenters. The van der Waals surface area contributed by atoms with Gasteiger partial charge in [0.25, 0.3) is 5.91 Å². The average molecular weight is 286 g/mol. The summed E-state index contributed by atoms with van der Waals surface area (Å²) in [5.74, 6) is -0.822. The van der Waals surface area contributed by atoms with Gasteiger partial charge in [-0.05, 0) is 42.5 Å². The van der Waals surface area contributed by atoms with Gasteiger partial charge in [0.1, 0.15) is 5.75 Å². The molecule has 0 aromatic heterocycles. The van der Waals surface area contributed by atoms with Crippen LogP contribution in [0.4, 0.5) is 11.4 Å². The maximum Gasteiger partial charge on any atom is 0.335 e. The lowest BCUT2D eigenvalue weighted by molar-refractivity contribution is 0.0696. The molecule has 0 aliphatic heterocycles. The first-order chi connectivity index (χ1) is 10.0. The first kappa shape index (κ1) is 14.4. The van der Waals surface area contributed by atoms with E-state index in [2.05, 4.69) is 5.32 Å². The fourth-order valence-corrected chi connectivity index (χ4v) is 1.78. The number of nitrogens with one attached hydrogen (secondary N) is 1. The molecule has 0 heterocycles. The van der Waals surface area contributed by atoms with E-state index in [4.69, 9.17) is 15.6 Å². The van der Waals surface area contributed by atoms with E-state index in [1.165, 1.54) is 18.2 Å². The molecule has 108 valence electrons. The number of nitrogen functional groups attached to an aromatic ring is 1. The van der Waals surface area contributed by atoms with Crippen LogP contribution in [-0.4, -0.2) is 24.1 Å². The lowest BCUT2D eigenvalue weighted by Gasteiger charge is -2.09. The summed E-state index contributed by atoms with van der Waals surface area (Å²) in [5, 5.41) is 11.5. The first-order valence-corrected chi connectivity index (χ1v) is 6.09. The van der Waals surface area contributed by atoms with E-state index < -0.39 is 11.9 Å². The lowest BCUT2D eigenvalue weighted by Crippen LogP contribution is -2.14. The number of aromatic carboxylic acids is 1. The van der Waals surface area contributed by atoms with Crippen molar-refractivity contribution in [3.05, 3.63) is 53.6 Å². The molecule has 1 amide bonds. The number of carbonyl (C=O) groups excluding carboxylic acids is 1. The molecular formula is C15H14N2O4. The molecule has 0 unspecified atom stereocenters. The monoisotopic (exact) mass is 286 g/mol. The van der Waals surface area contributed by atoms with Gasteiger partial charge in [-0.2, -0.15) is 0 Å². The molecule has 6 nitrogen and oxygen atoms in total. The Hall–Kier alpha value is -3.02. The van der Waals surface area contributed by atoms with Crippen molar-refractivity contribution in [1.82, 2.24) is 0 Å². The van der Waals surface area contributed by atoms with Crippen LogP contribution in [0, 0.1) is 0 Å². The van der Waals surface area contributed by atoms with Gasteiger partial charge >= 0.3 is 5.97 Å². The smallest absolute Gasteiger partial charge is 0.335 e. The number of hydrogen-bond acceptors (Lipinski definition) is 4. The molecule has 0 fully saturated rings. The molecule has 0 spiro atoms. The molecular weight excluding hydrogens is 272 g/mol. The fraction of sp³-hybridized carbons (Fsp3) is 0.0667. The molecule has 2 rings (SSSR count). The van der Waals surface area contributed by atoms with E-state index >= 15 is 0 Å². The third-order valence-electron chi connectivity index (χ3n) is 2.89. The van der Waals surface area contributed by atoms with Crippen LogP contribution in [-0.2, 0) is 0 Å². The first-order valence-electron chi connectivity index (χ1n) is 6.09. The van der Waals surface area contributed by atoms with Crippen LogP contribution in [0.3, 0.4) is 0 Å². The maximum atomic E-state index is 12.1. The van der Waals surface area contributed by atoms with E-state index in [0.29, 0.717) is 11.4 Å². The van der Waals surface area contributed by atoms with Crippen molar-refractivity contribution >= 4 is 23.3 Å². The molecule has 0 saturated heterocycles. The number of anilines is 2. The number of methoxy groups -OCH3 is 1. The minimum atomic E-state index is -1.09. The van der Waals surface area contributed by atoms with Gasteiger partial charge in [-0.1, -0.05) is 0 Å². The van der Waals surface area contributed by atoms with Crippen LogP contribution >= 0.6 is 0 Å². The topological polar surface area (TPSA) is 102 Å². The van der Waals surface area contributed by atoms with Crippen LogP contribution in [0.25, 0.3) is 0 Å². The third-order valence-corrected chi connectivity index (χ3v) is 2.89. The number of ether oxygens (including phenoxy) is 1. The van der Waals surface area contributed by atoms with Crippen molar-refractivity contribution in [3.63, 3.8) is 0 Å². The molecule has 0 radical (unpaired) electrons. The van der Waals surface area contributed by atoms with Gasteiger partial charge in [-0.15, -0.1) is 0 Å². The normalized spacial score (nSPS) is 9.95. The molecule has 2 aromatic carbocycles. The summed E-state index contributed by atoms with van der Waals surface area (Å²) >= 11 is 0. The third kappa shape index (κ3) is 3.30. The minimum absolute atomic E-state index is 0.0356. The van der Waals surface area contributed by atoms with Crippen molar-refractivity contribution in [2.24, 2.45) is 0 Å². The number of rotatable bonds is 4. The minimum Gasteiger partial charge on any atom is -0.497 e. The molecule has 6 heteroatoms. The molecule has 0 aliphatic carbocycles. The van der Waals surface area contributed by atoms with Crippen LogP contribution < -0.4 is 15.8 Å². The van der Waals surface area contributed by atoms with Crippen LogP contribution in [0.5, 0.6) is 5.75 Å². The number of amides is 1. The Balaban J connectivity index is 2.17. The predicted molar refractivity (Wildman–Crippen MR) is 78.8 cm³/mol. The van der Waals surface area contributed by atoms with E-state index in [1.54, 1.807) is 31.4 Å². The van der Waals surface area contributed by atoms with Crippen molar-refractivity contribution in [1.29, 1.82) is 0 Å². The summed E-state index contributed by atoms with van der Waals surface area (Å²) in [5.41, 5.74) is 6.67. The van der Waals surface area contributed by atoms with Gasteiger partial charge in [0.2, 0.25) is 0 Å². The van der Waals surface area contributed by atoms with Crippen LogP contribution in [0.2, 0.25) is 0 Å². The van der Waals surface area contributed by atoms with Crippen molar-refractivity contribution in [2.45, 2.75) is 0 Å². The van der Waals surface area contributed by atoms with Gasteiger partial charge in [-0.3, -0.25) is 4.79 Å². The van der Waals surface area contributed by atoms with Gasteiger partial charge in [0.15, 0.2) is 0 Å². The summed E-state index contributed by atoms with van der Waals surface area (Å²) in [4.78, 5) is 22.9. The highest BCUT2D eigenvalue weighted by Crippen LogP contribution is 2.19. The highest BCUT2D eigenvalue weighted by Gasteiger charge is 2.12. The number of carbonyl (C=O) groups is 2. The Kier molecular flexibility index (Phi) is 4.08. The number of nitrogens with two attached hydrogens (primary N) is 1. The molecule has 0 bridgehead atoms. The van der Waals surface area contributed by atoms with Gasteiger partial charge in [0, 0.05) is 11.4 Å². The zero-order valence-corrected chi connectivity index (χ0v) is 11.3. The highest BCUT2D eigenvalue weighted by molar-refractivity contribution is 6.08. The van der Waals surface area contributed by atoms with Crippen molar-refractivity contribution in [2.75, 3.05) is 18.2 Å². The van der Waals surface area contributed by atoms with Crippen molar-refractivity contribution in [3.8, 4) is 5.75 Å². The van der Waals surface area contributed by atoms with Crippen LogP contribution in [0.15, 0.2) is 42.5 Å². The van der Waals surface area contributed by atoms with Crippen LogP contribution in [0.1, 0.15) is 20.7 Å². The number of hydrogen-bond donors (Lipinski definition) is 3. The molecule has 0 aliphatic rings. The van der Waals surface area contributed by atoms with Gasteiger partial charge in [-0.25, -0.2) is 4.79 Å². The quantitative estimate of drug-likeness (QED) is 0.748. The number of carboxylic acid groups (broad SMARTS) is 1. The molecule has 4 N–H and O–H groups in total. The van der Waals surface area contributed by atoms with Gasteiger partial charge < -0.3 is 20.9 Å². The van der Waals surface area contributed by atoms with E-state index in [9.17, 15) is 9.59 Å². The lowest BCUT2D eigenvalue weighted by atomic mass is 10.1. The summed E-state index contributed by atoms with van der Waals surface area (Å²) in [6.07, 6.45) is 0. The molecule has 2 aromatic rings. The van der Waals surface area contributed by atoms with Crippen molar-refractivity contribution < 1.29 is 19.4 Å². The fourth-order valence-electron chi connectivity index (χ4n) is 1.78. The number of carboxylic acids is 1. The number of benzene rings is 2. The van der Waals surface area contributed by atoms with E-state index in [0.717, 1.165) is 0 Å². The standard InChI is InChI=1S/C15H14N2O4/c1-21-11-5-3-10(4-6-11)17-14(18)12-7-2-9(15(19)20)8-13(12)16/h2-8H,16H2,1H3,(H,17,18)(H,19,20). The highest BCUT2D eigenvalue weighted by atomic mass is 16.5. The SMILES string of the molecule is COc1ccc(NC(=O)c2ccc(C(=O)O)cc2N)cc1. The summed E-state index contributed by atoms with van der Waals surface area (Å²) in [6.45, 7) is 0. The van der Waals surface area contributed by atoms with Gasteiger partial charge in [0.05, 0.1) is 18.2 Å². The second kappa shape index (κ2) is 5.96. The largest absolute Gasteiger partial charge is 0.497 e. The zero-order valence-electron chi connectivity index (χ0n) is 11.3. The zero-order chi connectivity index (χ0) is 15.4. The maximum absolute atomic E-state index is 12.1. The Morgan fingerprint density at radius 1 is 1.14 bits per heavy atom. The van der Waals surface area contributed by atoms with E-state index in [-0.39, 0.29) is 16.8 Å². The molecule has 21 heavy (non-hydrogen) atoms. The average Bonchev–Trinajstić information content (AvgIpc) is 2.47. The van der Waals surface area contributed by atoms with E-state index in [1.807, 2.05) is 0 Å². The summed E-state index contributed by atoms with van der Waals surface area (Å²) in [7, 11) is 1.55. The summed E-state index contributed by atoms with van der Waals surface area (Å²) < 4.78 is 5.03. The Morgan fingerprint density at radius 3 is 2.33 bits per heavy atom. The Labute approximate surface area is 121 Å². The summed E-state index contributed by atoms with van der Waals surface area (Å²) in [6, 6.07) is 10.8.